The van der Waals surface area contributed by atoms with Crippen molar-refractivity contribution in [3.63, 3.8) is 0 Å². The number of hydrogen-bond donors (Lipinski definition) is 0. The molecule has 0 aliphatic carbocycles. The van der Waals surface area contributed by atoms with Gasteiger partial charge in [0.1, 0.15) is 17.3 Å². The van der Waals surface area contributed by atoms with Crippen molar-refractivity contribution >= 4 is 5.69 Å². The highest BCUT2D eigenvalue weighted by Gasteiger charge is 2.29. The SMILES string of the molecule is COc1cc(F)ccc1CN1CCCC(N2CCN(c3ccccc3OC)CC2)C1. The van der Waals surface area contributed by atoms with Gasteiger partial charge in [0.15, 0.2) is 0 Å². The van der Waals surface area contributed by atoms with Gasteiger partial charge in [0.25, 0.3) is 0 Å². The van der Waals surface area contributed by atoms with Gasteiger partial charge in [-0.15, -0.1) is 0 Å². The molecule has 2 fully saturated rings. The molecule has 0 aromatic heterocycles. The maximum Gasteiger partial charge on any atom is 0.142 e. The monoisotopic (exact) mass is 413 g/mol. The van der Waals surface area contributed by atoms with E-state index >= 15 is 0 Å². The predicted octanol–water partition coefficient (Wildman–Crippen LogP) is 3.63. The number of ether oxygens (including phenoxy) is 2. The van der Waals surface area contributed by atoms with Crippen molar-refractivity contribution in [2.45, 2.75) is 25.4 Å². The molecule has 0 N–H and O–H groups in total. The molecule has 0 radical (unpaired) electrons. The molecule has 4 rings (SSSR count). The van der Waals surface area contributed by atoms with Crippen molar-refractivity contribution in [2.24, 2.45) is 0 Å². The Kier molecular flexibility index (Phi) is 6.75. The summed E-state index contributed by atoms with van der Waals surface area (Å²) in [7, 11) is 3.35. The van der Waals surface area contributed by atoms with Crippen molar-refractivity contribution in [1.29, 1.82) is 0 Å². The quantitative estimate of drug-likeness (QED) is 0.721. The molecule has 2 aromatic rings. The molecule has 1 atom stereocenters. The van der Waals surface area contributed by atoms with E-state index in [1.54, 1.807) is 14.2 Å². The van der Waals surface area contributed by atoms with Gasteiger partial charge in [-0.2, -0.15) is 0 Å². The van der Waals surface area contributed by atoms with Crippen LogP contribution < -0.4 is 14.4 Å². The number of piperidine rings is 1. The van der Waals surface area contributed by atoms with E-state index in [2.05, 4.69) is 26.8 Å². The summed E-state index contributed by atoms with van der Waals surface area (Å²) in [4.78, 5) is 7.55. The Bertz CT molecular complexity index is 839. The number of halogens is 1. The molecule has 2 heterocycles. The molecule has 1 unspecified atom stereocenters. The third kappa shape index (κ3) is 4.71. The number of nitrogens with zero attached hydrogens (tertiary/aromatic N) is 3. The number of rotatable bonds is 6. The lowest BCUT2D eigenvalue weighted by atomic mass is 10.0. The summed E-state index contributed by atoms with van der Waals surface area (Å²) >= 11 is 0. The first kappa shape index (κ1) is 20.9. The minimum Gasteiger partial charge on any atom is -0.496 e. The van der Waals surface area contributed by atoms with Crippen LogP contribution in [0.15, 0.2) is 42.5 Å². The van der Waals surface area contributed by atoms with Crippen molar-refractivity contribution in [3.8, 4) is 11.5 Å². The van der Waals surface area contributed by atoms with Gasteiger partial charge in [-0.3, -0.25) is 9.80 Å². The average molecular weight is 414 g/mol. The van der Waals surface area contributed by atoms with Crippen LogP contribution in [0.3, 0.4) is 0 Å². The summed E-state index contributed by atoms with van der Waals surface area (Å²) in [5.74, 6) is 1.34. The highest BCUT2D eigenvalue weighted by molar-refractivity contribution is 5.58. The Morgan fingerprint density at radius 2 is 1.70 bits per heavy atom. The first-order valence-electron chi connectivity index (χ1n) is 10.8. The second-order valence-corrected chi connectivity index (χ2v) is 8.18. The van der Waals surface area contributed by atoms with E-state index in [0.717, 1.165) is 57.1 Å². The topological polar surface area (TPSA) is 28.2 Å². The Morgan fingerprint density at radius 1 is 0.933 bits per heavy atom. The first-order chi connectivity index (χ1) is 14.7. The van der Waals surface area contributed by atoms with Crippen LogP contribution in [0.4, 0.5) is 10.1 Å². The van der Waals surface area contributed by atoms with Crippen LogP contribution in [0, 0.1) is 5.82 Å². The van der Waals surface area contributed by atoms with Crippen LogP contribution in [-0.4, -0.2) is 69.3 Å². The zero-order chi connectivity index (χ0) is 20.9. The molecule has 5 nitrogen and oxygen atoms in total. The van der Waals surface area contributed by atoms with Gasteiger partial charge in [-0.25, -0.2) is 4.39 Å². The van der Waals surface area contributed by atoms with Crippen molar-refractivity contribution in [3.05, 3.63) is 53.8 Å². The third-order valence-corrected chi connectivity index (χ3v) is 6.38. The molecule has 2 saturated heterocycles. The Labute approximate surface area is 179 Å². The highest BCUT2D eigenvalue weighted by atomic mass is 19.1. The van der Waals surface area contributed by atoms with Crippen LogP contribution in [0.2, 0.25) is 0 Å². The Balaban J connectivity index is 1.34. The van der Waals surface area contributed by atoms with Crippen LogP contribution >= 0.6 is 0 Å². The van der Waals surface area contributed by atoms with E-state index in [4.69, 9.17) is 9.47 Å². The predicted molar refractivity (Wildman–Crippen MR) is 118 cm³/mol. The molecular formula is C24H32FN3O2. The van der Waals surface area contributed by atoms with Crippen molar-refractivity contribution in [1.82, 2.24) is 9.80 Å². The summed E-state index contributed by atoms with van der Waals surface area (Å²) in [6, 6.07) is 13.7. The van der Waals surface area contributed by atoms with Crippen molar-refractivity contribution < 1.29 is 13.9 Å². The zero-order valence-corrected chi connectivity index (χ0v) is 18.0. The summed E-state index contributed by atoms with van der Waals surface area (Å²) in [5.41, 5.74) is 2.24. The van der Waals surface area contributed by atoms with E-state index in [-0.39, 0.29) is 5.82 Å². The van der Waals surface area contributed by atoms with E-state index in [0.29, 0.717) is 11.8 Å². The molecule has 0 amide bonds. The lowest BCUT2D eigenvalue weighted by molar-refractivity contribution is 0.0882. The molecule has 30 heavy (non-hydrogen) atoms. The van der Waals surface area contributed by atoms with E-state index in [1.165, 1.54) is 30.7 Å². The molecular weight excluding hydrogens is 381 g/mol. The number of hydrogen-bond acceptors (Lipinski definition) is 5. The molecule has 0 saturated carbocycles. The number of anilines is 1. The maximum absolute atomic E-state index is 13.5. The van der Waals surface area contributed by atoms with Gasteiger partial charge in [0, 0.05) is 56.9 Å². The zero-order valence-electron chi connectivity index (χ0n) is 18.0. The van der Waals surface area contributed by atoms with Crippen LogP contribution in [0.1, 0.15) is 18.4 Å². The smallest absolute Gasteiger partial charge is 0.142 e. The van der Waals surface area contributed by atoms with Gasteiger partial charge in [-0.05, 0) is 37.6 Å². The molecule has 2 aliphatic heterocycles. The fraction of sp³-hybridized carbons (Fsp3) is 0.500. The average Bonchev–Trinajstić information content (AvgIpc) is 2.80. The molecule has 0 bridgehead atoms. The summed E-state index contributed by atoms with van der Waals surface area (Å²) in [6.07, 6.45) is 2.44. The summed E-state index contributed by atoms with van der Waals surface area (Å²) in [6.45, 7) is 7.10. The molecule has 2 aliphatic rings. The fourth-order valence-electron chi connectivity index (χ4n) is 4.78. The van der Waals surface area contributed by atoms with Gasteiger partial charge >= 0.3 is 0 Å². The van der Waals surface area contributed by atoms with E-state index in [1.807, 2.05) is 18.2 Å². The largest absolute Gasteiger partial charge is 0.496 e. The summed E-state index contributed by atoms with van der Waals surface area (Å²) in [5, 5.41) is 0. The standard InChI is InChI=1S/C24H32FN3O2/c1-29-23-8-4-3-7-22(23)28-14-12-27(13-15-28)21-6-5-11-26(18-21)17-19-9-10-20(25)16-24(19)30-2/h3-4,7-10,16,21H,5-6,11-15,17-18H2,1-2H3. The Morgan fingerprint density at radius 3 is 2.47 bits per heavy atom. The normalized spacial score (nSPS) is 20.9. The second kappa shape index (κ2) is 9.67. The first-order valence-corrected chi connectivity index (χ1v) is 10.8. The van der Waals surface area contributed by atoms with Gasteiger partial charge in [-0.1, -0.05) is 18.2 Å². The van der Waals surface area contributed by atoms with E-state index in [9.17, 15) is 4.39 Å². The van der Waals surface area contributed by atoms with Gasteiger partial charge < -0.3 is 14.4 Å². The number of likely N-dealkylation sites (tertiary alicyclic amines) is 1. The van der Waals surface area contributed by atoms with Crippen LogP contribution in [0.5, 0.6) is 11.5 Å². The third-order valence-electron chi connectivity index (χ3n) is 6.38. The van der Waals surface area contributed by atoms with E-state index < -0.39 is 0 Å². The number of methoxy groups -OCH3 is 2. The fourth-order valence-corrected chi connectivity index (χ4v) is 4.78. The summed E-state index contributed by atoms with van der Waals surface area (Å²) < 4.78 is 24.4. The molecule has 6 heteroatoms. The van der Waals surface area contributed by atoms with Gasteiger partial charge in [0.05, 0.1) is 19.9 Å². The minimum atomic E-state index is -0.250. The van der Waals surface area contributed by atoms with Crippen LogP contribution in [0.25, 0.3) is 0 Å². The second-order valence-electron chi connectivity index (χ2n) is 8.18. The Hall–Kier alpha value is -2.31. The molecule has 0 spiro atoms. The molecule has 162 valence electrons. The van der Waals surface area contributed by atoms with Crippen LogP contribution in [-0.2, 0) is 6.54 Å². The van der Waals surface area contributed by atoms with Gasteiger partial charge in [0.2, 0.25) is 0 Å². The maximum atomic E-state index is 13.5. The van der Waals surface area contributed by atoms with Crippen molar-refractivity contribution in [2.75, 3.05) is 58.4 Å². The minimum absolute atomic E-state index is 0.250. The molecule has 2 aromatic carbocycles. The highest BCUT2D eigenvalue weighted by Crippen LogP contribution is 2.29. The number of benzene rings is 2. The lowest BCUT2D eigenvalue weighted by Crippen LogP contribution is -2.55. The number of para-hydroxylation sites is 2. The lowest BCUT2D eigenvalue weighted by Gasteiger charge is -2.44. The number of piperazine rings is 1.